The Kier molecular flexibility index (Phi) is 7.95. The molecular formula is C14H30N2OS. The van der Waals surface area contributed by atoms with Gasteiger partial charge in [-0.3, -0.25) is 4.79 Å². The van der Waals surface area contributed by atoms with E-state index in [0.29, 0.717) is 17.6 Å². The lowest BCUT2D eigenvalue weighted by molar-refractivity contribution is -0.122. The summed E-state index contributed by atoms with van der Waals surface area (Å²) in [6.07, 6.45) is 0.604. The van der Waals surface area contributed by atoms with Crippen LogP contribution in [0.2, 0.25) is 0 Å². The topological polar surface area (TPSA) is 32.3 Å². The van der Waals surface area contributed by atoms with Crippen LogP contribution in [0, 0.1) is 5.92 Å². The van der Waals surface area contributed by atoms with Gasteiger partial charge in [-0.25, -0.2) is 0 Å². The Balaban J connectivity index is 4.26. The second-order valence-corrected chi connectivity index (χ2v) is 7.95. The summed E-state index contributed by atoms with van der Waals surface area (Å²) < 4.78 is 0. The fourth-order valence-electron chi connectivity index (χ4n) is 1.59. The summed E-state index contributed by atoms with van der Waals surface area (Å²) in [5, 5.41) is 3.42. The van der Waals surface area contributed by atoms with E-state index in [1.165, 1.54) is 0 Å². The third-order valence-electron chi connectivity index (χ3n) is 2.16. The highest BCUT2D eigenvalue weighted by Gasteiger charge is 2.19. The van der Waals surface area contributed by atoms with Gasteiger partial charge in [-0.1, -0.05) is 13.8 Å². The highest BCUT2D eigenvalue weighted by atomic mass is 32.2. The summed E-state index contributed by atoms with van der Waals surface area (Å²) in [5.41, 5.74) is -0.136. The molecule has 0 aliphatic rings. The molecule has 3 nitrogen and oxygen atoms in total. The maximum Gasteiger partial charge on any atom is 0.221 e. The Morgan fingerprint density at radius 3 is 2.22 bits per heavy atom. The molecule has 1 atom stereocenters. The van der Waals surface area contributed by atoms with Crippen molar-refractivity contribution in [2.24, 2.45) is 5.92 Å². The second kappa shape index (κ2) is 8.05. The minimum Gasteiger partial charge on any atom is -0.351 e. The average Bonchev–Trinajstić information content (AvgIpc) is 2.09. The van der Waals surface area contributed by atoms with Gasteiger partial charge >= 0.3 is 0 Å². The predicted molar refractivity (Wildman–Crippen MR) is 82.2 cm³/mol. The van der Waals surface area contributed by atoms with Crippen LogP contribution >= 0.6 is 11.8 Å². The molecule has 0 saturated carbocycles. The molecule has 108 valence electrons. The number of nitrogens with one attached hydrogen (secondary N) is 1. The van der Waals surface area contributed by atoms with E-state index in [-0.39, 0.29) is 11.4 Å². The van der Waals surface area contributed by atoms with Gasteiger partial charge in [0.15, 0.2) is 0 Å². The normalized spacial score (nSPS) is 14.1. The first-order valence-electron chi connectivity index (χ1n) is 6.67. The molecular weight excluding hydrogens is 244 g/mol. The van der Waals surface area contributed by atoms with Gasteiger partial charge in [-0.2, -0.15) is 11.8 Å². The molecule has 0 aromatic rings. The van der Waals surface area contributed by atoms with E-state index >= 15 is 0 Å². The summed E-state index contributed by atoms with van der Waals surface area (Å²) in [7, 11) is 4.12. The largest absolute Gasteiger partial charge is 0.351 e. The molecule has 4 heteroatoms. The number of amides is 1. The molecule has 0 aromatic carbocycles. The molecule has 0 fully saturated rings. The molecule has 0 bridgehead atoms. The zero-order valence-electron chi connectivity index (χ0n) is 13.0. The Morgan fingerprint density at radius 1 is 1.28 bits per heavy atom. The average molecular weight is 274 g/mol. The summed E-state index contributed by atoms with van der Waals surface area (Å²) in [6, 6.07) is 0. The quantitative estimate of drug-likeness (QED) is 0.774. The van der Waals surface area contributed by atoms with Crippen LogP contribution in [0.5, 0.6) is 0 Å². The Labute approximate surface area is 117 Å². The van der Waals surface area contributed by atoms with Gasteiger partial charge in [0.2, 0.25) is 5.91 Å². The van der Waals surface area contributed by atoms with Gasteiger partial charge in [0.25, 0.3) is 0 Å². The number of rotatable bonds is 7. The number of carbonyl (C=O) groups excluding carboxylic acids is 1. The number of carbonyl (C=O) groups is 1. The van der Waals surface area contributed by atoms with E-state index < -0.39 is 0 Å². The van der Waals surface area contributed by atoms with Crippen molar-refractivity contribution in [3.8, 4) is 0 Å². The van der Waals surface area contributed by atoms with Crippen LogP contribution in [-0.2, 0) is 4.79 Å². The van der Waals surface area contributed by atoms with Crippen molar-refractivity contribution in [1.82, 2.24) is 10.2 Å². The zero-order valence-corrected chi connectivity index (χ0v) is 13.9. The number of hydrogen-bond donors (Lipinski definition) is 1. The number of hydrogen-bond acceptors (Lipinski definition) is 3. The predicted octanol–water partition coefficient (Wildman–Crippen LogP) is 2.61. The van der Waals surface area contributed by atoms with Crippen LogP contribution in [0.4, 0.5) is 0 Å². The molecule has 1 N–H and O–H groups in total. The maximum absolute atomic E-state index is 12.0. The van der Waals surface area contributed by atoms with E-state index in [1.807, 2.05) is 32.5 Å². The molecule has 0 aliphatic heterocycles. The SMILES string of the molecule is CC(C)CSC(CC(=O)NC(C)(C)C)CN(C)C. The van der Waals surface area contributed by atoms with Crippen molar-refractivity contribution in [2.45, 2.75) is 51.8 Å². The summed E-state index contributed by atoms with van der Waals surface area (Å²) in [6.45, 7) is 11.5. The van der Waals surface area contributed by atoms with Crippen LogP contribution < -0.4 is 5.32 Å². The second-order valence-electron chi connectivity index (χ2n) is 6.61. The minimum atomic E-state index is -0.136. The lowest BCUT2D eigenvalue weighted by Gasteiger charge is -2.25. The molecule has 1 unspecified atom stereocenters. The highest BCUT2D eigenvalue weighted by molar-refractivity contribution is 7.99. The fourth-order valence-corrected chi connectivity index (χ4v) is 2.92. The molecule has 0 aliphatic carbocycles. The highest BCUT2D eigenvalue weighted by Crippen LogP contribution is 2.19. The Morgan fingerprint density at radius 2 is 1.83 bits per heavy atom. The minimum absolute atomic E-state index is 0.136. The third-order valence-corrected chi connectivity index (χ3v) is 3.81. The first kappa shape index (κ1) is 17.8. The number of thioether (sulfide) groups is 1. The molecule has 1 amide bonds. The molecule has 0 heterocycles. The first-order valence-corrected chi connectivity index (χ1v) is 7.72. The lowest BCUT2D eigenvalue weighted by atomic mass is 10.1. The zero-order chi connectivity index (χ0) is 14.3. The van der Waals surface area contributed by atoms with Crippen molar-refractivity contribution in [3.63, 3.8) is 0 Å². The molecule has 18 heavy (non-hydrogen) atoms. The van der Waals surface area contributed by atoms with Gasteiger partial charge in [0, 0.05) is 23.8 Å². The Hall–Kier alpha value is -0.220. The van der Waals surface area contributed by atoms with Crippen LogP contribution in [0.1, 0.15) is 41.0 Å². The molecule has 0 spiro atoms. The fraction of sp³-hybridized carbons (Fsp3) is 0.929. The van der Waals surface area contributed by atoms with E-state index in [1.54, 1.807) is 0 Å². The summed E-state index contributed by atoms with van der Waals surface area (Å²) in [4.78, 5) is 14.1. The van der Waals surface area contributed by atoms with Crippen molar-refractivity contribution in [2.75, 3.05) is 26.4 Å². The van der Waals surface area contributed by atoms with E-state index in [4.69, 9.17) is 0 Å². The molecule has 0 rings (SSSR count). The van der Waals surface area contributed by atoms with E-state index in [9.17, 15) is 4.79 Å². The van der Waals surface area contributed by atoms with Gasteiger partial charge in [-0.15, -0.1) is 0 Å². The van der Waals surface area contributed by atoms with Crippen molar-refractivity contribution in [3.05, 3.63) is 0 Å². The van der Waals surface area contributed by atoms with Crippen LogP contribution in [0.25, 0.3) is 0 Å². The van der Waals surface area contributed by atoms with Gasteiger partial charge in [0.05, 0.1) is 0 Å². The van der Waals surface area contributed by atoms with Crippen LogP contribution in [-0.4, -0.2) is 48.0 Å². The summed E-state index contributed by atoms with van der Waals surface area (Å²) >= 11 is 1.91. The van der Waals surface area contributed by atoms with Crippen LogP contribution in [0.15, 0.2) is 0 Å². The van der Waals surface area contributed by atoms with Crippen molar-refractivity contribution < 1.29 is 4.79 Å². The monoisotopic (exact) mass is 274 g/mol. The Bertz CT molecular complexity index is 247. The van der Waals surface area contributed by atoms with Crippen LogP contribution in [0.3, 0.4) is 0 Å². The van der Waals surface area contributed by atoms with E-state index in [0.717, 1.165) is 12.3 Å². The smallest absolute Gasteiger partial charge is 0.221 e. The van der Waals surface area contributed by atoms with Crippen molar-refractivity contribution >= 4 is 17.7 Å². The molecule has 0 saturated heterocycles. The lowest BCUT2D eigenvalue weighted by Crippen LogP contribution is -2.42. The van der Waals surface area contributed by atoms with E-state index in [2.05, 4.69) is 38.2 Å². The van der Waals surface area contributed by atoms with Gasteiger partial charge in [0.1, 0.15) is 0 Å². The molecule has 0 radical (unpaired) electrons. The standard InChI is InChI=1S/C14H30N2OS/c1-11(2)10-18-12(9-16(6)7)8-13(17)15-14(3,4)5/h11-12H,8-10H2,1-7H3,(H,15,17). The number of nitrogens with zero attached hydrogens (tertiary/aromatic N) is 1. The third kappa shape index (κ3) is 10.9. The van der Waals surface area contributed by atoms with Gasteiger partial charge in [-0.05, 0) is 46.5 Å². The first-order chi connectivity index (χ1) is 8.10. The van der Waals surface area contributed by atoms with Crippen molar-refractivity contribution in [1.29, 1.82) is 0 Å². The van der Waals surface area contributed by atoms with Gasteiger partial charge < -0.3 is 10.2 Å². The summed E-state index contributed by atoms with van der Waals surface area (Å²) in [5.74, 6) is 1.94. The molecule has 0 aromatic heterocycles. The maximum atomic E-state index is 12.0.